The molecule has 3 rings (SSSR count). The highest BCUT2D eigenvalue weighted by atomic mass is 16.4. The molecule has 0 saturated carbocycles. The van der Waals surface area contributed by atoms with Crippen LogP contribution in [0, 0.1) is 6.92 Å². The van der Waals surface area contributed by atoms with Crippen molar-refractivity contribution >= 4 is 16.9 Å². The molecule has 0 bridgehead atoms. The number of aryl methyl sites for hydroxylation is 2. The molecule has 0 aliphatic heterocycles. The number of hydrogen-bond donors (Lipinski definition) is 1. The molecule has 0 fully saturated rings. The van der Waals surface area contributed by atoms with E-state index in [4.69, 9.17) is 9.52 Å². The molecular formula is C15H13N3O3. The maximum atomic E-state index is 10.6. The normalized spacial score (nSPS) is 10.9. The Hall–Kier alpha value is -2.76. The first kappa shape index (κ1) is 13.2. The lowest BCUT2D eigenvalue weighted by atomic mass is 10.1. The molecule has 6 nitrogen and oxygen atoms in total. The summed E-state index contributed by atoms with van der Waals surface area (Å²) >= 11 is 0. The molecule has 0 spiro atoms. The summed E-state index contributed by atoms with van der Waals surface area (Å²) < 4.78 is 5.57. The van der Waals surface area contributed by atoms with Crippen molar-refractivity contribution < 1.29 is 14.3 Å². The number of carbonyl (C=O) groups is 1. The highest BCUT2D eigenvalue weighted by Crippen LogP contribution is 2.27. The first-order chi connectivity index (χ1) is 10.1. The van der Waals surface area contributed by atoms with Crippen LogP contribution in [0.15, 0.2) is 34.7 Å². The van der Waals surface area contributed by atoms with Gasteiger partial charge in [0.25, 0.3) is 0 Å². The van der Waals surface area contributed by atoms with Gasteiger partial charge in [0, 0.05) is 23.1 Å². The number of aliphatic carboxylic acids is 1. The van der Waals surface area contributed by atoms with Crippen LogP contribution in [0.2, 0.25) is 0 Å². The minimum absolute atomic E-state index is 0.0300. The van der Waals surface area contributed by atoms with Crippen molar-refractivity contribution in [2.45, 2.75) is 19.8 Å². The lowest BCUT2D eigenvalue weighted by molar-refractivity contribution is -0.137. The summed E-state index contributed by atoms with van der Waals surface area (Å²) in [6.45, 7) is 1.90. The number of para-hydroxylation sites is 1. The van der Waals surface area contributed by atoms with Crippen LogP contribution in [-0.4, -0.2) is 26.3 Å². The van der Waals surface area contributed by atoms with Gasteiger partial charge in [-0.2, -0.15) is 0 Å². The van der Waals surface area contributed by atoms with E-state index in [0.29, 0.717) is 11.8 Å². The van der Waals surface area contributed by atoms with Gasteiger partial charge in [0.2, 0.25) is 11.8 Å². The first-order valence-electron chi connectivity index (χ1n) is 6.54. The van der Waals surface area contributed by atoms with Gasteiger partial charge >= 0.3 is 5.97 Å². The molecule has 21 heavy (non-hydrogen) atoms. The van der Waals surface area contributed by atoms with Crippen molar-refractivity contribution in [1.29, 1.82) is 0 Å². The Kier molecular flexibility index (Phi) is 3.35. The van der Waals surface area contributed by atoms with E-state index < -0.39 is 5.97 Å². The van der Waals surface area contributed by atoms with Gasteiger partial charge < -0.3 is 9.52 Å². The van der Waals surface area contributed by atoms with Crippen LogP contribution in [-0.2, 0) is 11.2 Å². The van der Waals surface area contributed by atoms with Gasteiger partial charge in [0.05, 0.1) is 11.9 Å². The van der Waals surface area contributed by atoms with E-state index >= 15 is 0 Å². The number of aromatic nitrogens is 3. The zero-order chi connectivity index (χ0) is 14.8. The van der Waals surface area contributed by atoms with Crippen molar-refractivity contribution in [2.75, 3.05) is 0 Å². The molecule has 0 unspecified atom stereocenters. The third-order valence-corrected chi connectivity index (χ3v) is 3.09. The molecule has 3 aromatic rings. The van der Waals surface area contributed by atoms with Crippen LogP contribution in [0.5, 0.6) is 0 Å². The van der Waals surface area contributed by atoms with Crippen LogP contribution in [0.1, 0.15) is 18.0 Å². The Labute approximate surface area is 120 Å². The highest BCUT2D eigenvalue weighted by molar-refractivity contribution is 5.92. The van der Waals surface area contributed by atoms with E-state index in [1.165, 1.54) is 0 Å². The number of pyridine rings is 1. The van der Waals surface area contributed by atoms with Gasteiger partial charge in [0.1, 0.15) is 0 Å². The van der Waals surface area contributed by atoms with Crippen LogP contribution in [0.3, 0.4) is 0 Å². The van der Waals surface area contributed by atoms with Crippen LogP contribution in [0.4, 0.5) is 0 Å². The molecular weight excluding hydrogens is 270 g/mol. The lowest BCUT2D eigenvalue weighted by Gasteiger charge is -2.03. The Balaban J connectivity index is 2.02. The molecule has 1 aromatic carbocycles. The zero-order valence-corrected chi connectivity index (χ0v) is 11.4. The summed E-state index contributed by atoms with van der Waals surface area (Å²) in [4.78, 5) is 15.0. The summed E-state index contributed by atoms with van der Waals surface area (Å²) in [7, 11) is 0. The largest absolute Gasteiger partial charge is 0.481 e. The summed E-state index contributed by atoms with van der Waals surface area (Å²) in [6.07, 6.45) is 0.197. The number of fused-ring (bicyclic) bond motifs is 1. The van der Waals surface area contributed by atoms with E-state index in [2.05, 4.69) is 15.2 Å². The smallest absolute Gasteiger partial charge is 0.303 e. The van der Waals surface area contributed by atoms with Crippen molar-refractivity contribution in [3.8, 4) is 11.5 Å². The molecule has 2 aromatic heterocycles. The summed E-state index contributed by atoms with van der Waals surface area (Å²) in [5.74, 6) is -0.178. The molecule has 2 heterocycles. The maximum Gasteiger partial charge on any atom is 0.303 e. The number of benzene rings is 1. The quantitative estimate of drug-likeness (QED) is 0.791. The van der Waals surface area contributed by atoms with Crippen molar-refractivity contribution in [2.24, 2.45) is 0 Å². The Bertz CT molecular complexity index is 811. The number of carboxylic acids is 1. The second kappa shape index (κ2) is 5.32. The second-order valence-electron chi connectivity index (χ2n) is 4.72. The minimum Gasteiger partial charge on any atom is -0.481 e. The Morgan fingerprint density at radius 1 is 1.29 bits per heavy atom. The van der Waals surface area contributed by atoms with Crippen molar-refractivity contribution in [3.63, 3.8) is 0 Å². The fourth-order valence-corrected chi connectivity index (χ4v) is 2.16. The van der Waals surface area contributed by atoms with E-state index in [9.17, 15) is 4.79 Å². The maximum absolute atomic E-state index is 10.6. The lowest BCUT2D eigenvalue weighted by Crippen LogP contribution is -1.97. The molecule has 0 saturated heterocycles. The molecule has 0 aliphatic carbocycles. The first-order valence-corrected chi connectivity index (χ1v) is 6.54. The highest BCUT2D eigenvalue weighted by Gasteiger charge is 2.13. The number of hydrogen-bond acceptors (Lipinski definition) is 5. The minimum atomic E-state index is -0.889. The summed E-state index contributed by atoms with van der Waals surface area (Å²) in [5.41, 5.74) is 2.53. The SMILES string of the molecule is Cc1cc(-c2nnc(CCC(=O)O)o2)c2ccccc2n1. The van der Waals surface area contributed by atoms with Gasteiger partial charge in [0.15, 0.2) is 0 Å². The van der Waals surface area contributed by atoms with E-state index in [1.54, 1.807) is 0 Å². The molecule has 0 amide bonds. The van der Waals surface area contributed by atoms with Gasteiger partial charge in [-0.05, 0) is 19.1 Å². The predicted molar refractivity (Wildman–Crippen MR) is 75.7 cm³/mol. The Morgan fingerprint density at radius 3 is 2.90 bits per heavy atom. The van der Waals surface area contributed by atoms with Crippen LogP contribution < -0.4 is 0 Å². The zero-order valence-electron chi connectivity index (χ0n) is 11.4. The monoisotopic (exact) mass is 283 g/mol. The van der Waals surface area contributed by atoms with Crippen LogP contribution >= 0.6 is 0 Å². The van der Waals surface area contributed by atoms with Crippen LogP contribution in [0.25, 0.3) is 22.4 Å². The molecule has 1 N–H and O–H groups in total. The number of carboxylic acid groups (broad SMARTS) is 1. The summed E-state index contributed by atoms with van der Waals surface area (Å²) in [6, 6.07) is 9.60. The van der Waals surface area contributed by atoms with Gasteiger partial charge in [-0.15, -0.1) is 10.2 Å². The van der Waals surface area contributed by atoms with Crippen molar-refractivity contribution in [3.05, 3.63) is 41.9 Å². The number of rotatable bonds is 4. The number of nitrogens with zero attached hydrogens (tertiary/aromatic N) is 3. The van der Waals surface area contributed by atoms with E-state index in [1.807, 2.05) is 37.3 Å². The standard InChI is InChI=1S/C15H13N3O3/c1-9-8-11(10-4-2-3-5-12(10)16-9)15-18-17-13(21-15)6-7-14(19)20/h2-5,8H,6-7H2,1H3,(H,19,20). The Morgan fingerprint density at radius 2 is 2.10 bits per heavy atom. The predicted octanol–water partition coefficient (Wildman–Crippen LogP) is 2.61. The fourth-order valence-electron chi connectivity index (χ4n) is 2.16. The summed E-state index contributed by atoms with van der Waals surface area (Å²) in [5, 5.41) is 17.5. The molecule has 106 valence electrons. The van der Waals surface area contributed by atoms with Gasteiger partial charge in [-0.3, -0.25) is 9.78 Å². The molecule has 0 aliphatic rings. The molecule has 0 atom stereocenters. The topological polar surface area (TPSA) is 89.1 Å². The molecule has 0 radical (unpaired) electrons. The van der Waals surface area contributed by atoms with E-state index in [0.717, 1.165) is 22.2 Å². The van der Waals surface area contributed by atoms with Crippen molar-refractivity contribution in [1.82, 2.24) is 15.2 Å². The average molecular weight is 283 g/mol. The van der Waals surface area contributed by atoms with Gasteiger partial charge in [-0.25, -0.2) is 0 Å². The van der Waals surface area contributed by atoms with Gasteiger partial charge in [-0.1, -0.05) is 18.2 Å². The third kappa shape index (κ3) is 2.74. The van der Waals surface area contributed by atoms with E-state index in [-0.39, 0.29) is 12.8 Å². The second-order valence-corrected chi connectivity index (χ2v) is 4.72. The fraction of sp³-hybridized carbons (Fsp3) is 0.200. The third-order valence-electron chi connectivity index (χ3n) is 3.09. The average Bonchev–Trinajstić information content (AvgIpc) is 2.93. The molecule has 6 heteroatoms.